The summed E-state index contributed by atoms with van der Waals surface area (Å²) in [6.07, 6.45) is 5.96. The summed E-state index contributed by atoms with van der Waals surface area (Å²) in [7, 11) is 3.25. The standard InChI is InChI=1S/C35H47N5O5/c1-7-44-35(3,4)23(2)18-26(16-17-29(36)24-12-9-8-10-13-24)40-34(41)39-25-14-11-15-27(19-25)45-33-28-20-31(42-5)32(43-6)21-30(28)37-22-38-33/h8-15,18-19,21-23,29,31,34,39-41H,7,16-17,20,36H2,1-6H3/b26-18+. The minimum atomic E-state index is -1.08. The Kier molecular flexibility index (Phi) is 12.0. The molecule has 242 valence electrons. The summed E-state index contributed by atoms with van der Waals surface area (Å²) in [6.45, 7) is 8.86. The van der Waals surface area contributed by atoms with E-state index < -0.39 is 6.35 Å². The molecule has 0 aliphatic heterocycles. The number of fused-ring (bicyclic) bond motifs is 1. The second kappa shape index (κ2) is 15.9. The molecule has 0 saturated heterocycles. The van der Waals surface area contributed by atoms with Gasteiger partial charge >= 0.3 is 0 Å². The number of allylic oxidation sites excluding steroid dienone is 1. The van der Waals surface area contributed by atoms with E-state index in [1.807, 2.05) is 67.6 Å². The van der Waals surface area contributed by atoms with E-state index in [2.05, 4.69) is 47.4 Å². The molecule has 0 radical (unpaired) electrons. The van der Waals surface area contributed by atoms with Gasteiger partial charge in [-0.15, -0.1) is 0 Å². The number of aromatic nitrogens is 2. The van der Waals surface area contributed by atoms with E-state index in [4.69, 9.17) is 24.7 Å². The Balaban J connectivity index is 1.47. The third kappa shape index (κ3) is 9.27. The van der Waals surface area contributed by atoms with E-state index >= 15 is 0 Å². The summed E-state index contributed by atoms with van der Waals surface area (Å²) in [5.74, 6) is 1.77. The van der Waals surface area contributed by atoms with Gasteiger partial charge < -0.3 is 40.4 Å². The fraction of sp³-hybridized carbons (Fsp3) is 0.429. The van der Waals surface area contributed by atoms with Gasteiger partial charge in [-0.2, -0.15) is 0 Å². The molecule has 4 unspecified atom stereocenters. The summed E-state index contributed by atoms with van der Waals surface area (Å²) in [4.78, 5) is 8.77. The number of nitrogens with one attached hydrogen (secondary N) is 2. The van der Waals surface area contributed by atoms with Crippen LogP contribution in [0, 0.1) is 5.92 Å². The van der Waals surface area contributed by atoms with E-state index in [1.54, 1.807) is 14.2 Å². The zero-order valence-corrected chi connectivity index (χ0v) is 27.1. The number of hydrogen-bond donors (Lipinski definition) is 4. The molecule has 0 bridgehead atoms. The van der Waals surface area contributed by atoms with E-state index in [9.17, 15) is 5.11 Å². The van der Waals surface area contributed by atoms with Gasteiger partial charge in [-0.1, -0.05) is 49.4 Å². The van der Waals surface area contributed by atoms with Crippen molar-refractivity contribution in [3.63, 3.8) is 0 Å². The van der Waals surface area contributed by atoms with Gasteiger partial charge in [-0.3, -0.25) is 0 Å². The van der Waals surface area contributed by atoms with Gasteiger partial charge in [0.05, 0.1) is 18.4 Å². The Morgan fingerprint density at radius 3 is 2.62 bits per heavy atom. The summed E-state index contributed by atoms with van der Waals surface area (Å²) in [6, 6.07) is 17.3. The molecular weight excluding hydrogens is 570 g/mol. The molecule has 10 nitrogen and oxygen atoms in total. The van der Waals surface area contributed by atoms with Crippen molar-refractivity contribution in [3.8, 4) is 11.6 Å². The molecule has 1 aromatic heterocycles. The van der Waals surface area contributed by atoms with Crippen LogP contribution < -0.4 is 21.1 Å². The van der Waals surface area contributed by atoms with Crippen LogP contribution in [0.1, 0.15) is 63.4 Å². The molecule has 0 saturated carbocycles. The Hall–Kier alpha value is -3.96. The van der Waals surface area contributed by atoms with Crippen molar-refractivity contribution in [2.75, 3.05) is 26.1 Å². The predicted molar refractivity (Wildman–Crippen MR) is 176 cm³/mol. The monoisotopic (exact) mass is 617 g/mol. The minimum Gasteiger partial charge on any atom is -0.498 e. The molecule has 4 rings (SSSR count). The maximum absolute atomic E-state index is 11.1. The third-order valence-corrected chi connectivity index (χ3v) is 8.14. The zero-order valence-electron chi connectivity index (χ0n) is 27.1. The molecule has 0 amide bonds. The number of nitrogens with zero attached hydrogens (tertiary/aromatic N) is 2. The van der Waals surface area contributed by atoms with Crippen molar-refractivity contribution in [2.45, 2.75) is 71.1 Å². The van der Waals surface area contributed by atoms with Crippen molar-refractivity contribution in [1.82, 2.24) is 15.3 Å². The van der Waals surface area contributed by atoms with E-state index in [-0.39, 0.29) is 23.7 Å². The molecule has 45 heavy (non-hydrogen) atoms. The lowest BCUT2D eigenvalue weighted by Gasteiger charge is -2.31. The molecule has 3 aromatic rings. The minimum absolute atomic E-state index is 0.0723. The summed E-state index contributed by atoms with van der Waals surface area (Å²) < 4.78 is 23.3. The number of aliphatic hydroxyl groups is 1. The van der Waals surface area contributed by atoms with Crippen LogP contribution in [0.25, 0.3) is 6.08 Å². The highest BCUT2D eigenvalue weighted by Crippen LogP contribution is 2.33. The van der Waals surface area contributed by atoms with Crippen LogP contribution in [0.3, 0.4) is 0 Å². The van der Waals surface area contributed by atoms with Crippen LogP contribution in [-0.2, 0) is 20.6 Å². The number of aliphatic hydroxyl groups excluding tert-OH is 1. The largest absolute Gasteiger partial charge is 0.498 e. The van der Waals surface area contributed by atoms with Gasteiger partial charge in [0.15, 0.2) is 0 Å². The maximum atomic E-state index is 11.1. The van der Waals surface area contributed by atoms with Gasteiger partial charge in [-0.05, 0) is 51.3 Å². The molecule has 1 heterocycles. The molecule has 10 heteroatoms. The van der Waals surface area contributed by atoms with Gasteiger partial charge in [-0.25, -0.2) is 9.97 Å². The lowest BCUT2D eigenvalue weighted by atomic mass is 9.90. The molecule has 1 aliphatic carbocycles. The Bertz CT molecular complexity index is 1450. The van der Waals surface area contributed by atoms with Crippen LogP contribution in [0.15, 0.2) is 78.5 Å². The number of rotatable bonds is 16. The number of methoxy groups -OCH3 is 2. The van der Waals surface area contributed by atoms with Crippen molar-refractivity contribution >= 4 is 11.8 Å². The summed E-state index contributed by atoms with van der Waals surface area (Å²) in [5, 5.41) is 17.5. The van der Waals surface area contributed by atoms with E-state index in [0.29, 0.717) is 48.9 Å². The lowest BCUT2D eigenvalue weighted by Crippen LogP contribution is -2.37. The molecular formula is C35H47N5O5. The molecule has 0 fully saturated rings. The number of hydrogen-bond acceptors (Lipinski definition) is 10. The second-order valence-electron chi connectivity index (χ2n) is 11.6. The van der Waals surface area contributed by atoms with Gasteiger partial charge in [0.2, 0.25) is 12.2 Å². The number of anilines is 1. The SMILES string of the molecule is CCOC(C)(C)C(C)/C=C(\CCC(N)c1ccccc1)NC(O)Nc1cccc(Oc2ncnc3c2CC(OC)C(OC)=C3)c1. The highest BCUT2D eigenvalue weighted by atomic mass is 16.5. The van der Waals surface area contributed by atoms with Crippen LogP contribution in [0.2, 0.25) is 0 Å². The van der Waals surface area contributed by atoms with Crippen LogP contribution in [0.4, 0.5) is 5.69 Å². The first-order valence-electron chi connectivity index (χ1n) is 15.4. The second-order valence-corrected chi connectivity index (χ2v) is 11.6. The van der Waals surface area contributed by atoms with Crippen molar-refractivity contribution in [1.29, 1.82) is 0 Å². The first-order chi connectivity index (χ1) is 21.6. The van der Waals surface area contributed by atoms with Crippen LogP contribution >= 0.6 is 0 Å². The number of ether oxygens (including phenoxy) is 4. The topological polar surface area (TPSA) is 133 Å². The number of nitrogens with two attached hydrogens (primary N) is 1. The first-order valence-corrected chi connectivity index (χ1v) is 15.4. The van der Waals surface area contributed by atoms with Crippen molar-refractivity contribution in [3.05, 3.63) is 95.3 Å². The quantitative estimate of drug-likeness (QED) is 0.144. The molecule has 0 spiro atoms. The van der Waals surface area contributed by atoms with E-state index in [0.717, 1.165) is 22.5 Å². The molecule has 4 atom stereocenters. The lowest BCUT2D eigenvalue weighted by molar-refractivity contribution is -0.0362. The fourth-order valence-corrected chi connectivity index (χ4v) is 5.23. The number of benzene rings is 2. The zero-order chi connectivity index (χ0) is 32.4. The average Bonchev–Trinajstić information content (AvgIpc) is 3.03. The van der Waals surface area contributed by atoms with Crippen LogP contribution in [0.5, 0.6) is 11.6 Å². The smallest absolute Gasteiger partial charge is 0.226 e. The normalized spacial score (nSPS) is 17.0. The van der Waals surface area contributed by atoms with Gasteiger partial charge in [0.1, 0.15) is 23.9 Å². The summed E-state index contributed by atoms with van der Waals surface area (Å²) >= 11 is 0. The third-order valence-electron chi connectivity index (χ3n) is 8.14. The molecule has 1 aliphatic rings. The molecule has 5 N–H and O–H groups in total. The first kappa shape index (κ1) is 33.9. The Morgan fingerprint density at radius 1 is 1.13 bits per heavy atom. The Labute approximate surface area is 266 Å². The van der Waals surface area contributed by atoms with Crippen LogP contribution in [-0.4, -0.2) is 54.0 Å². The predicted octanol–water partition coefficient (Wildman–Crippen LogP) is 5.92. The van der Waals surface area contributed by atoms with Gasteiger partial charge in [0, 0.05) is 61.2 Å². The molecule has 2 aromatic carbocycles. The average molecular weight is 618 g/mol. The fourth-order valence-electron chi connectivity index (χ4n) is 5.23. The highest BCUT2D eigenvalue weighted by molar-refractivity contribution is 5.59. The van der Waals surface area contributed by atoms with Crippen molar-refractivity contribution in [2.24, 2.45) is 11.7 Å². The van der Waals surface area contributed by atoms with Gasteiger partial charge in [0.25, 0.3) is 0 Å². The summed E-state index contributed by atoms with van der Waals surface area (Å²) in [5.41, 5.74) is 10.3. The Morgan fingerprint density at radius 2 is 1.91 bits per heavy atom. The van der Waals surface area contributed by atoms with Crippen molar-refractivity contribution < 1.29 is 24.1 Å². The maximum Gasteiger partial charge on any atom is 0.226 e. The highest BCUT2D eigenvalue weighted by Gasteiger charge is 2.27. The van der Waals surface area contributed by atoms with E-state index in [1.165, 1.54) is 6.33 Å².